The number of thiazole rings is 1. The maximum Gasteiger partial charge on any atom is 0.257 e. The van der Waals surface area contributed by atoms with Gasteiger partial charge >= 0.3 is 0 Å². The Hall–Kier alpha value is -1.63. The van der Waals surface area contributed by atoms with Gasteiger partial charge in [-0.05, 0) is 42.7 Å². The number of ether oxygens (including phenoxy) is 1. The van der Waals surface area contributed by atoms with E-state index in [2.05, 4.69) is 28.5 Å². The van der Waals surface area contributed by atoms with E-state index in [-0.39, 0.29) is 5.91 Å². The summed E-state index contributed by atoms with van der Waals surface area (Å²) in [6.07, 6.45) is 7.74. The lowest BCUT2D eigenvalue weighted by atomic mass is 9.94. The molecule has 0 saturated carbocycles. The topological polar surface area (TPSA) is 51.2 Å². The third-order valence-corrected chi connectivity index (χ3v) is 5.40. The number of allylic oxidation sites excluding steroid dienone is 1. The molecule has 1 N–H and O–H groups in total. The standard InChI is InChI=1S/C18H20N2O2S2/c1-23-15-4-2-14(3-5-15)16(12-13-6-9-22-10-7-13)17(21)20-18-19-8-11-24-18/h2-5,8,11-13H,6-7,9-10H2,1H3,(H,19,20,21). The number of thioether (sulfide) groups is 1. The number of nitrogens with zero attached hydrogens (tertiary/aromatic N) is 1. The van der Waals surface area contributed by atoms with E-state index in [0.29, 0.717) is 16.6 Å². The Morgan fingerprint density at radius 1 is 1.33 bits per heavy atom. The lowest BCUT2D eigenvalue weighted by Gasteiger charge is -2.20. The van der Waals surface area contributed by atoms with Gasteiger partial charge in [-0.15, -0.1) is 23.1 Å². The molecular formula is C18H20N2O2S2. The highest BCUT2D eigenvalue weighted by molar-refractivity contribution is 7.98. The minimum absolute atomic E-state index is 0.103. The molecule has 1 aromatic heterocycles. The molecule has 1 aromatic carbocycles. The maximum atomic E-state index is 12.8. The van der Waals surface area contributed by atoms with Crippen molar-refractivity contribution in [3.8, 4) is 0 Å². The summed E-state index contributed by atoms with van der Waals surface area (Å²) in [5, 5.41) is 5.38. The lowest BCUT2D eigenvalue weighted by molar-refractivity contribution is -0.111. The predicted octanol–water partition coefficient (Wildman–Crippen LogP) is 4.31. The van der Waals surface area contributed by atoms with Gasteiger partial charge in [0.15, 0.2) is 5.13 Å². The summed E-state index contributed by atoms with van der Waals surface area (Å²) in [6.45, 7) is 1.52. The molecular weight excluding hydrogens is 340 g/mol. The molecule has 1 saturated heterocycles. The molecule has 24 heavy (non-hydrogen) atoms. The van der Waals surface area contributed by atoms with Gasteiger partial charge < -0.3 is 4.74 Å². The van der Waals surface area contributed by atoms with Crippen molar-refractivity contribution in [3.05, 3.63) is 47.5 Å². The number of rotatable bonds is 5. The Labute approximate surface area is 150 Å². The molecule has 126 valence electrons. The molecule has 2 aromatic rings. The first-order chi connectivity index (χ1) is 11.8. The van der Waals surface area contributed by atoms with E-state index < -0.39 is 0 Å². The summed E-state index contributed by atoms with van der Waals surface area (Å²) in [6, 6.07) is 8.12. The van der Waals surface area contributed by atoms with Gasteiger partial charge in [-0.1, -0.05) is 18.2 Å². The third-order valence-electron chi connectivity index (χ3n) is 3.97. The van der Waals surface area contributed by atoms with Crippen LogP contribution in [0.2, 0.25) is 0 Å². The molecule has 6 heteroatoms. The normalized spacial score (nSPS) is 16.1. The van der Waals surface area contributed by atoms with E-state index in [1.54, 1.807) is 18.0 Å². The summed E-state index contributed by atoms with van der Waals surface area (Å²) < 4.78 is 5.42. The number of benzene rings is 1. The number of anilines is 1. The number of hydrogen-bond acceptors (Lipinski definition) is 5. The molecule has 0 radical (unpaired) electrons. The lowest BCUT2D eigenvalue weighted by Crippen LogP contribution is -2.18. The Bertz CT molecular complexity index is 690. The first-order valence-corrected chi connectivity index (χ1v) is 10.0. The van der Waals surface area contributed by atoms with E-state index >= 15 is 0 Å². The molecule has 1 amide bonds. The molecule has 4 nitrogen and oxygen atoms in total. The fraction of sp³-hybridized carbons (Fsp3) is 0.333. The average Bonchev–Trinajstić information content (AvgIpc) is 3.13. The van der Waals surface area contributed by atoms with Crippen LogP contribution in [0.15, 0.2) is 46.8 Å². The van der Waals surface area contributed by atoms with Crippen LogP contribution < -0.4 is 5.32 Å². The van der Waals surface area contributed by atoms with Crippen LogP contribution in [0.3, 0.4) is 0 Å². The third kappa shape index (κ3) is 4.47. The summed E-state index contributed by atoms with van der Waals surface area (Å²) >= 11 is 3.11. The minimum atomic E-state index is -0.103. The van der Waals surface area contributed by atoms with Crippen molar-refractivity contribution >= 4 is 39.7 Å². The molecule has 3 rings (SSSR count). The highest BCUT2D eigenvalue weighted by Gasteiger charge is 2.18. The summed E-state index contributed by atoms with van der Waals surface area (Å²) in [7, 11) is 0. The zero-order valence-corrected chi connectivity index (χ0v) is 15.2. The first kappa shape index (κ1) is 17.2. The monoisotopic (exact) mass is 360 g/mol. The SMILES string of the molecule is CSc1ccc(C(=CC2CCOCC2)C(=O)Nc2nccs2)cc1. The summed E-state index contributed by atoms with van der Waals surface area (Å²) in [5.74, 6) is 0.268. The van der Waals surface area contributed by atoms with Gasteiger partial charge in [0.2, 0.25) is 0 Å². The molecule has 1 aliphatic heterocycles. The average molecular weight is 361 g/mol. The van der Waals surface area contributed by atoms with Crippen molar-refractivity contribution in [3.63, 3.8) is 0 Å². The van der Waals surface area contributed by atoms with Crippen LogP contribution in [0, 0.1) is 5.92 Å². The van der Waals surface area contributed by atoms with Crippen molar-refractivity contribution in [1.29, 1.82) is 0 Å². The molecule has 0 aliphatic carbocycles. The number of amides is 1. The smallest absolute Gasteiger partial charge is 0.257 e. The maximum absolute atomic E-state index is 12.8. The van der Waals surface area contributed by atoms with Crippen LogP contribution in [0.4, 0.5) is 5.13 Å². The molecule has 1 fully saturated rings. The number of carbonyl (C=O) groups excluding carboxylic acids is 1. The van der Waals surface area contributed by atoms with Crippen molar-refractivity contribution in [1.82, 2.24) is 4.98 Å². The van der Waals surface area contributed by atoms with E-state index in [9.17, 15) is 4.79 Å². The van der Waals surface area contributed by atoms with Crippen molar-refractivity contribution in [2.24, 2.45) is 5.92 Å². The van der Waals surface area contributed by atoms with E-state index in [1.165, 1.54) is 16.2 Å². The van der Waals surface area contributed by atoms with Gasteiger partial charge in [0.1, 0.15) is 0 Å². The molecule has 1 aliphatic rings. The van der Waals surface area contributed by atoms with E-state index in [0.717, 1.165) is 31.6 Å². The van der Waals surface area contributed by atoms with Gasteiger partial charge in [-0.25, -0.2) is 4.98 Å². The zero-order chi connectivity index (χ0) is 16.8. The van der Waals surface area contributed by atoms with Gasteiger partial charge in [0.05, 0.1) is 0 Å². The van der Waals surface area contributed by atoms with Gasteiger partial charge in [0.25, 0.3) is 5.91 Å². The Kier molecular flexibility index (Phi) is 6.07. The van der Waals surface area contributed by atoms with Gasteiger partial charge in [0, 0.05) is 35.3 Å². The number of aromatic nitrogens is 1. The van der Waals surface area contributed by atoms with Gasteiger partial charge in [-0.3, -0.25) is 10.1 Å². The fourth-order valence-corrected chi connectivity index (χ4v) is 3.57. The Morgan fingerprint density at radius 3 is 2.71 bits per heavy atom. The van der Waals surface area contributed by atoms with Crippen LogP contribution in [-0.4, -0.2) is 30.4 Å². The fourth-order valence-electron chi connectivity index (χ4n) is 2.64. The number of carbonyl (C=O) groups is 1. The largest absolute Gasteiger partial charge is 0.381 e. The second kappa shape index (κ2) is 8.46. The van der Waals surface area contributed by atoms with E-state index in [1.807, 2.05) is 23.8 Å². The van der Waals surface area contributed by atoms with E-state index in [4.69, 9.17) is 4.74 Å². The Balaban J connectivity index is 1.86. The van der Waals surface area contributed by atoms with Crippen molar-refractivity contribution < 1.29 is 9.53 Å². The van der Waals surface area contributed by atoms with Crippen molar-refractivity contribution in [2.75, 3.05) is 24.8 Å². The molecule has 0 atom stereocenters. The predicted molar refractivity (Wildman–Crippen MR) is 100 cm³/mol. The van der Waals surface area contributed by atoms with Crippen LogP contribution in [0.1, 0.15) is 18.4 Å². The second-order valence-electron chi connectivity index (χ2n) is 5.55. The molecule has 2 heterocycles. The zero-order valence-electron chi connectivity index (χ0n) is 13.5. The molecule has 0 unspecified atom stereocenters. The second-order valence-corrected chi connectivity index (χ2v) is 7.32. The van der Waals surface area contributed by atoms with Crippen LogP contribution >= 0.6 is 23.1 Å². The highest BCUT2D eigenvalue weighted by atomic mass is 32.2. The van der Waals surface area contributed by atoms with Gasteiger partial charge in [-0.2, -0.15) is 0 Å². The first-order valence-electron chi connectivity index (χ1n) is 7.91. The van der Waals surface area contributed by atoms with Crippen LogP contribution in [-0.2, 0) is 9.53 Å². The summed E-state index contributed by atoms with van der Waals surface area (Å²) in [4.78, 5) is 18.1. The number of hydrogen-bond donors (Lipinski definition) is 1. The quantitative estimate of drug-likeness (QED) is 0.637. The number of nitrogens with one attached hydrogen (secondary N) is 1. The van der Waals surface area contributed by atoms with Crippen molar-refractivity contribution in [2.45, 2.75) is 17.7 Å². The Morgan fingerprint density at radius 2 is 2.08 bits per heavy atom. The molecule has 0 spiro atoms. The van der Waals surface area contributed by atoms with Crippen LogP contribution in [0.5, 0.6) is 0 Å². The molecule has 0 bridgehead atoms. The van der Waals surface area contributed by atoms with Crippen LogP contribution in [0.25, 0.3) is 5.57 Å². The highest BCUT2D eigenvalue weighted by Crippen LogP contribution is 2.26. The minimum Gasteiger partial charge on any atom is -0.381 e. The summed E-state index contributed by atoms with van der Waals surface area (Å²) in [5.41, 5.74) is 1.65.